The Morgan fingerprint density at radius 2 is 2.00 bits per heavy atom. The zero-order chi connectivity index (χ0) is 13.9. The molecule has 6 heteroatoms. The lowest BCUT2D eigenvalue weighted by molar-refractivity contribution is -0.138. The second-order valence-electron chi connectivity index (χ2n) is 4.26. The van der Waals surface area contributed by atoms with Gasteiger partial charge in [-0.25, -0.2) is 4.79 Å². The summed E-state index contributed by atoms with van der Waals surface area (Å²) < 4.78 is 0.535. The molecule has 0 spiro atoms. The molecule has 18 heavy (non-hydrogen) atoms. The minimum atomic E-state index is -0.917. The largest absolute Gasteiger partial charge is 0.480 e. The summed E-state index contributed by atoms with van der Waals surface area (Å²) in [6.45, 7) is 3.64. The Morgan fingerprint density at radius 1 is 1.39 bits per heavy atom. The van der Waals surface area contributed by atoms with Crippen molar-refractivity contribution in [3.63, 3.8) is 0 Å². The summed E-state index contributed by atoms with van der Waals surface area (Å²) in [4.78, 5) is 22.1. The van der Waals surface area contributed by atoms with Crippen molar-refractivity contribution >= 4 is 33.5 Å². The molecule has 0 aliphatic rings. The van der Waals surface area contributed by atoms with Crippen LogP contribution in [0.2, 0.25) is 0 Å². The summed E-state index contributed by atoms with van der Waals surface area (Å²) in [6, 6.07) is 4.13. The van der Waals surface area contributed by atoms with Gasteiger partial charge in [-0.15, -0.1) is 0 Å². The Balaban J connectivity index is 2.95. The van der Waals surface area contributed by atoms with Crippen LogP contribution in [0, 0.1) is 5.92 Å². The zero-order valence-corrected chi connectivity index (χ0v) is 11.7. The van der Waals surface area contributed by atoms with E-state index in [1.165, 1.54) is 0 Å². The Labute approximate surface area is 113 Å². The molecule has 98 valence electrons. The van der Waals surface area contributed by atoms with Crippen LogP contribution < -0.4 is 11.1 Å². The summed E-state index contributed by atoms with van der Waals surface area (Å²) in [5, 5.41) is 12.0. The molecule has 0 saturated heterocycles. The van der Waals surface area contributed by atoms with Gasteiger partial charge in [-0.3, -0.25) is 4.79 Å². The van der Waals surface area contributed by atoms with Crippen molar-refractivity contribution in [2.75, 3.05) is 5.32 Å². The van der Waals surface area contributed by atoms with Crippen LogP contribution in [0.3, 0.4) is 0 Å². The lowest BCUT2D eigenvalue weighted by Crippen LogP contribution is -2.34. The number of aliphatic carboxylic acids is 1. The molecule has 4 N–H and O–H groups in total. The summed E-state index contributed by atoms with van der Waals surface area (Å²) in [6.07, 6.45) is 0. The Morgan fingerprint density at radius 3 is 2.39 bits per heavy atom. The number of hydrogen-bond acceptors (Lipinski definition) is 3. The third-order valence-electron chi connectivity index (χ3n) is 2.49. The van der Waals surface area contributed by atoms with E-state index in [1.807, 2.05) is 13.8 Å². The van der Waals surface area contributed by atoms with Gasteiger partial charge in [0.25, 0.3) is 0 Å². The highest BCUT2D eigenvalue weighted by Crippen LogP contribution is 2.22. The van der Waals surface area contributed by atoms with Crippen LogP contribution in [0.1, 0.15) is 24.2 Å². The lowest BCUT2D eigenvalue weighted by Gasteiger charge is -2.19. The van der Waals surface area contributed by atoms with Gasteiger partial charge in [0.1, 0.15) is 6.04 Å². The molecule has 0 fully saturated rings. The van der Waals surface area contributed by atoms with Crippen LogP contribution in [-0.2, 0) is 4.79 Å². The molecule has 1 rings (SSSR count). The SMILES string of the molecule is CC(C)C(Nc1ccc(C(N)=O)c(Br)c1)C(=O)O. The lowest BCUT2D eigenvalue weighted by atomic mass is 10.0. The van der Waals surface area contributed by atoms with Crippen LogP contribution in [-0.4, -0.2) is 23.0 Å². The van der Waals surface area contributed by atoms with Gasteiger partial charge in [0.15, 0.2) is 0 Å². The molecule has 1 unspecified atom stereocenters. The van der Waals surface area contributed by atoms with E-state index < -0.39 is 17.9 Å². The van der Waals surface area contributed by atoms with Crippen LogP contribution in [0.25, 0.3) is 0 Å². The fraction of sp³-hybridized carbons (Fsp3) is 0.333. The van der Waals surface area contributed by atoms with E-state index in [1.54, 1.807) is 18.2 Å². The molecular formula is C12H15BrN2O3. The first-order valence-corrected chi connectivity index (χ1v) is 6.21. The van der Waals surface area contributed by atoms with Crippen LogP contribution in [0.15, 0.2) is 22.7 Å². The topological polar surface area (TPSA) is 92.4 Å². The smallest absolute Gasteiger partial charge is 0.326 e. The van der Waals surface area contributed by atoms with Gasteiger partial charge in [0.05, 0.1) is 5.56 Å². The molecule has 0 radical (unpaired) electrons. The molecule has 5 nitrogen and oxygen atoms in total. The molecule has 0 aliphatic heterocycles. The second-order valence-corrected chi connectivity index (χ2v) is 5.12. The number of anilines is 1. The van der Waals surface area contributed by atoms with Crippen LogP contribution in [0.5, 0.6) is 0 Å². The molecule has 1 aromatic carbocycles. The molecule has 0 aliphatic carbocycles. The van der Waals surface area contributed by atoms with Crippen molar-refractivity contribution in [1.29, 1.82) is 0 Å². The minimum Gasteiger partial charge on any atom is -0.480 e. The number of benzene rings is 1. The molecular weight excluding hydrogens is 300 g/mol. The van der Waals surface area contributed by atoms with E-state index in [2.05, 4.69) is 21.2 Å². The monoisotopic (exact) mass is 314 g/mol. The number of halogens is 1. The Kier molecular flexibility index (Phi) is 4.72. The van der Waals surface area contributed by atoms with Crippen molar-refractivity contribution in [3.05, 3.63) is 28.2 Å². The Bertz CT molecular complexity index is 474. The first kappa shape index (κ1) is 14.5. The van der Waals surface area contributed by atoms with Crippen molar-refractivity contribution in [2.24, 2.45) is 11.7 Å². The molecule has 1 amide bonds. The fourth-order valence-corrected chi connectivity index (χ4v) is 2.07. The standard InChI is InChI=1S/C12H15BrN2O3/c1-6(2)10(12(17)18)15-7-3-4-8(11(14)16)9(13)5-7/h3-6,10,15H,1-2H3,(H2,14,16)(H,17,18). The van der Waals surface area contributed by atoms with Crippen molar-refractivity contribution in [1.82, 2.24) is 0 Å². The Hall–Kier alpha value is -1.56. The number of carbonyl (C=O) groups excluding carboxylic acids is 1. The van der Waals surface area contributed by atoms with E-state index >= 15 is 0 Å². The number of carbonyl (C=O) groups is 2. The van der Waals surface area contributed by atoms with Gasteiger partial charge in [0.2, 0.25) is 5.91 Å². The van der Waals surface area contributed by atoms with Gasteiger partial charge in [-0.2, -0.15) is 0 Å². The zero-order valence-electron chi connectivity index (χ0n) is 10.1. The highest BCUT2D eigenvalue weighted by Gasteiger charge is 2.21. The molecule has 0 heterocycles. The molecule has 0 aromatic heterocycles. The number of carboxylic acid groups (broad SMARTS) is 1. The number of nitrogens with one attached hydrogen (secondary N) is 1. The van der Waals surface area contributed by atoms with Crippen LogP contribution >= 0.6 is 15.9 Å². The maximum atomic E-state index is 11.1. The summed E-state index contributed by atoms with van der Waals surface area (Å²) in [7, 11) is 0. The summed E-state index contributed by atoms with van der Waals surface area (Å²) in [5.41, 5.74) is 6.16. The normalized spacial score (nSPS) is 12.2. The molecule has 1 aromatic rings. The number of carboxylic acids is 1. The minimum absolute atomic E-state index is 0.0582. The average Bonchev–Trinajstić information content (AvgIpc) is 2.24. The van der Waals surface area contributed by atoms with E-state index in [-0.39, 0.29) is 5.92 Å². The van der Waals surface area contributed by atoms with Crippen molar-refractivity contribution < 1.29 is 14.7 Å². The first-order chi connectivity index (χ1) is 8.32. The van der Waals surface area contributed by atoms with Gasteiger partial charge < -0.3 is 16.2 Å². The van der Waals surface area contributed by atoms with Gasteiger partial charge in [-0.05, 0) is 40.0 Å². The third kappa shape index (κ3) is 3.46. The van der Waals surface area contributed by atoms with E-state index in [9.17, 15) is 9.59 Å². The van der Waals surface area contributed by atoms with Gasteiger partial charge in [-0.1, -0.05) is 13.8 Å². The number of rotatable bonds is 5. The van der Waals surface area contributed by atoms with Gasteiger partial charge in [0, 0.05) is 10.2 Å². The number of primary amides is 1. The maximum Gasteiger partial charge on any atom is 0.326 e. The number of amides is 1. The van der Waals surface area contributed by atoms with Gasteiger partial charge >= 0.3 is 5.97 Å². The van der Waals surface area contributed by atoms with Crippen molar-refractivity contribution in [3.8, 4) is 0 Å². The second kappa shape index (κ2) is 5.86. The maximum absolute atomic E-state index is 11.1. The molecule has 0 saturated carbocycles. The van der Waals surface area contributed by atoms with Crippen molar-refractivity contribution in [2.45, 2.75) is 19.9 Å². The summed E-state index contributed by atoms with van der Waals surface area (Å²) in [5.74, 6) is -1.51. The summed E-state index contributed by atoms with van der Waals surface area (Å²) >= 11 is 3.22. The fourth-order valence-electron chi connectivity index (χ4n) is 1.50. The third-order valence-corrected chi connectivity index (χ3v) is 3.15. The molecule has 1 atom stereocenters. The highest BCUT2D eigenvalue weighted by atomic mass is 79.9. The van der Waals surface area contributed by atoms with E-state index in [0.717, 1.165) is 0 Å². The quantitative estimate of drug-likeness (QED) is 0.775. The molecule has 0 bridgehead atoms. The van der Waals surface area contributed by atoms with E-state index in [4.69, 9.17) is 10.8 Å². The number of hydrogen-bond donors (Lipinski definition) is 3. The predicted octanol–water partition coefficient (Wildman–Crippen LogP) is 2.07. The van der Waals surface area contributed by atoms with E-state index in [0.29, 0.717) is 15.7 Å². The first-order valence-electron chi connectivity index (χ1n) is 5.41. The predicted molar refractivity (Wildman–Crippen MR) is 72.5 cm³/mol. The van der Waals surface area contributed by atoms with Crippen LogP contribution in [0.4, 0.5) is 5.69 Å². The number of nitrogens with two attached hydrogens (primary N) is 1. The average molecular weight is 315 g/mol. The highest BCUT2D eigenvalue weighted by molar-refractivity contribution is 9.10.